The topological polar surface area (TPSA) is 56.5 Å². The van der Waals surface area contributed by atoms with Crippen LogP contribution in [0.4, 0.5) is 0 Å². The molecule has 0 atom stereocenters. The smallest absolute Gasteiger partial charge is 0.113 e. The van der Waals surface area contributed by atoms with Gasteiger partial charge < -0.3 is 9.55 Å². The van der Waals surface area contributed by atoms with Crippen molar-refractivity contribution in [1.29, 1.82) is 0 Å². The van der Waals surface area contributed by atoms with E-state index < -0.39 is 20.8 Å². The largest absolute Gasteiger partial charge is 0.333 e. The van der Waals surface area contributed by atoms with Crippen molar-refractivity contribution in [2.24, 2.45) is 0 Å². The van der Waals surface area contributed by atoms with Crippen LogP contribution in [0.25, 0.3) is 59.7 Å². The van der Waals surface area contributed by atoms with E-state index in [1.807, 2.05) is 59.0 Å². The zero-order valence-electron chi connectivity index (χ0n) is 34.6. The molecule has 0 unspecified atom stereocenters. The molecule has 0 aliphatic heterocycles. The molecule has 0 saturated carbocycles. The number of nitrogens with zero attached hydrogens (tertiary/aromatic N) is 5. The zero-order valence-corrected chi connectivity index (χ0v) is 34.8. The van der Waals surface area contributed by atoms with Crippen molar-refractivity contribution in [2.75, 3.05) is 0 Å². The normalized spacial score (nSPS) is 13.2. The number of benzene rings is 3. The first-order valence-electron chi connectivity index (χ1n) is 19.1. The molecule has 5 nitrogen and oxygen atoms in total. The molecule has 52 heavy (non-hydrogen) atoms. The van der Waals surface area contributed by atoms with E-state index in [-0.39, 0.29) is 25.7 Å². The van der Waals surface area contributed by atoms with E-state index in [4.69, 9.17) is 15.5 Å². The van der Waals surface area contributed by atoms with Crippen molar-refractivity contribution in [3.8, 4) is 28.3 Å². The van der Waals surface area contributed by atoms with Crippen LogP contribution in [-0.2, 0) is 20.1 Å². The standard InChI is InChI=1S/C26H19N4S.C18H24NSi.Ir/c1-15-11-12-20-19-7-6-8-21(24(19)31-26(20)28-15)25-29-22-9-4-5-10-23(22)30(25)18-13-16(2)27-17(3)14-18;1-13(2)16-11-17(15-9-7-14(3)8-10-15)19-12-18(16)20(4,5)6;/h4-7,9-14H,1-3H3;7-9,11-13H,1-6H3;/q2*-1;/i;3D3,13D;. The molecule has 0 N–H and O–H groups in total. The fourth-order valence-corrected chi connectivity index (χ4v) is 9.27. The molecule has 0 aliphatic rings. The number of para-hydroxylation sites is 2. The minimum absolute atomic E-state index is 0. The summed E-state index contributed by atoms with van der Waals surface area (Å²) in [5.74, 6) is 0.173. The van der Waals surface area contributed by atoms with Crippen LogP contribution in [0.3, 0.4) is 0 Å². The molecule has 0 amide bonds. The fourth-order valence-electron chi connectivity index (χ4n) is 6.48. The Morgan fingerprint density at radius 1 is 0.846 bits per heavy atom. The molecule has 3 aromatic carbocycles. The van der Waals surface area contributed by atoms with Gasteiger partial charge in [0.25, 0.3) is 0 Å². The van der Waals surface area contributed by atoms with Gasteiger partial charge in [-0.15, -0.1) is 53.6 Å². The van der Waals surface area contributed by atoms with Crippen LogP contribution in [0.1, 0.15) is 53.4 Å². The van der Waals surface area contributed by atoms with Gasteiger partial charge in [-0.2, -0.15) is 11.3 Å². The number of aromatic nitrogens is 5. The van der Waals surface area contributed by atoms with Gasteiger partial charge in [-0.1, -0.05) is 81.1 Å². The third kappa shape index (κ3) is 7.44. The molecule has 8 rings (SSSR count). The number of rotatable bonds is 5. The maximum atomic E-state index is 8.48. The number of thiophene rings is 1. The Morgan fingerprint density at radius 2 is 1.62 bits per heavy atom. The average Bonchev–Trinajstić information content (AvgIpc) is 3.68. The van der Waals surface area contributed by atoms with E-state index in [9.17, 15) is 0 Å². The first kappa shape index (κ1) is 32.3. The number of hydrogen-bond acceptors (Lipinski definition) is 5. The van der Waals surface area contributed by atoms with Gasteiger partial charge in [-0.05, 0) is 78.0 Å². The number of aryl methyl sites for hydroxylation is 4. The van der Waals surface area contributed by atoms with Crippen LogP contribution in [-0.4, -0.2) is 32.6 Å². The Morgan fingerprint density at radius 3 is 2.31 bits per heavy atom. The fraction of sp³-hybridized carbons (Fsp3) is 0.227. The Bertz CT molecular complexity index is 2690. The van der Waals surface area contributed by atoms with Crippen LogP contribution >= 0.6 is 11.3 Å². The second-order valence-electron chi connectivity index (χ2n) is 14.2. The summed E-state index contributed by atoms with van der Waals surface area (Å²) in [4.78, 5) is 20.0. The molecule has 5 aromatic heterocycles. The SMILES string of the molecule is Cc1cc(-n2c(-c3[c-]ccc4c3sc3nc(C)ccc34)nc3ccccc32)cc(C)n1.[2H]C([2H])([2H])c1c[c-]c(-c2cc(C([2H])(C)C)c([Si](C)(C)C)cn2)cc1.[Ir]. The maximum absolute atomic E-state index is 8.48. The van der Waals surface area contributed by atoms with Crippen LogP contribution in [0.15, 0.2) is 91.1 Å². The van der Waals surface area contributed by atoms with Crippen molar-refractivity contribution >= 4 is 55.9 Å². The van der Waals surface area contributed by atoms with Crippen LogP contribution in [0.5, 0.6) is 0 Å². The van der Waals surface area contributed by atoms with Gasteiger partial charge in [0.2, 0.25) is 0 Å². The van der Waals surface area contributed by atoms with E-state index in [1.54, 1.807) is 23.5 Å². The van der Waals surface area contributed by atoms with Crippen LogP contribution in [0, 0.1) is 39.8 Å². The van der Waals surface area contributed by atoms with E-state index in [0.717, 1.165) is 71.5 Å². The number of hydrogen-bond donors (Lipinski definition) is 0. The number of fused-ring (bicyclic) bond motifs is 4. The Balaban J connectivity index is 0.000000194. The summed E-state index contributed by atoms with van der Waals surface area (Å²) in [5.41, 5.74) is 9.83. The van der Waals surface area contributed by atoms with Gasteiger partial charge >= 0.3 is 0 Å². The Hall–Kier alpha value is -4.33. The van der Waals surface area contributed by atoms with E-state index in [2.05, 4.69) is 94.8 Å². The third-order valence-corrected chi connectivity index (χ3v) is 12.0. The van der Waals surface area contributed by atoms with Gasteiger partial charge in [0.15, 0.2) is 0 Å². The van der Waals surface area contributed by atoms with Gasteiger partial charge in [0.1, 0.15) is 4.83 Å². The summed E-state index contributed by atoms with van der Waals surface area (Å²) < 4.78 is 34.2. The van der Waals surface area contributed by atoms with E-state index >= 15 is 0 Å². The molecule has 0 spiro atoms. The number of pyridine rings is 3. The molecule has 8 heteroatoms. The van der Waals surface area contributed by atoms with Gasteiger partial charge in [-0.3, -0.25) is 9.97 Å². The maximum Gasteiger partial charge on any atom is 0.113 e. The molecule has 8 aromatic rings. The second-order valence-corrected chi connectivity index (χ2v) is 20.3. The quantitative estimate of drug-likeness (QED) is 0.128. The molecular weight excluding hydrogens is 851 g/mol. The Kier molecular flexibility index (Phi) is 9.30. The summed E-state index contributed by atoms with van der Waals surface area (Å²) in [6.45, 7) is 14.5. The summed E-state index contributed by atoms with van der Waals surface area (Å²) >= 11 is 1.71. The summed E-state index contributed by atoms with van der Waals surface area (Å²) in [6, 6.07) is 34.2. The predicted octanol–water partition coefficient (Wildman–Crippen LogP) is 11.1. The predicted molar refractivity (Wildman–Crippen MR) is 218 cm³/mol. The summed E-state index contributed by atoms with van der Waals surface area (Å²) in [6.07, 6.45) is 1.89. The molecule has 0 bridgehead atoms. The van der Waals surface area contributed by atoms with Crippen LogP contribution < -0.4 is 5.19 Å². The first-order valence-corrected chi connectivity index (χ1v) is 21.4. The minimum Gasteiger partial charge on any atom is -0.333 e. The van der Waals surface area contributed by atoms with Gasteiger partial charge in [-0.25, -0.2) is 4.98 Å². The molecule has 0 saturated heterocycles. The zero-order chi connectivity index (χ0) is 39.4. The van der Waals surface area contributed by atoms with E-state index in [1.165, 1.54) is 22.0 Å². The van der Waals surface area contributed by atoms with Crippen molar-refractivity contribution in [2.45, 2.75) is 67.0 Å². The molecule has 265 valence electrons. The van der Waals surface area contributed by atoms with Crippen molar-refractivity contribution in [3.05, 3.63) is 131 Å². The van der Waals surface area contributed by atoms with Crippen LogP contribution in [0.2, 0.25) is 19.6 Å². The third-order valence-electron chi connectivity index (χ3n) is 8.89. The first-order chi connectivity index (χ1) is 25.9. The van der Waals surface area contributed by atoms with Crippen molar-refractivity contribution in [1.82, 2.24) is 24.5 Å². The molecule has 1 radical (unpaired) electrons. The summed E-state index contributed by atoms with van der Waals surface area (Å²) in [7, 11) is -1.61. The monoisotopic (exact) mass is 898 g/mol. The molecular formula is C44H43IrN5SSi-2. The minimum atomic E-state index is -2.13. The summed E-state index contributed by atoms with van der Waals surface area (Å²) in [5, 5.41) is 3.56. The molecule has 0 fully saturated rings. The van der Waals surface area contributed by atoms with Crippen molar-refractivity contribution < 1.29 is 25.6 Å². The van der Waals surface area contributed by atoms with Crippen molar-refractivity contribution in [3.63, 3.8) is 0 Å². The van der Waals surface area contributed by atoms with E-state index in [0.29, 0.717) is 0 Å². The average molecular weight is 898 g/mol. The number of imidazole rings is 1. The molecule has 5 heterocycles. The Labute approximate surface area is 331 Å². The van der Waals surface area contributed by atoms with Gasteiger partial charge in [0.05, 0.1) is 24.9 Å². The van der Waals surface area contributed by atoms with Gasteiger partial charge in [0, 0.05) is 54.6 Å². The molecule has 0 aliphatic carbocycles. The second kappa shape index (κ2) is 15.0.